The van der Waals surface area contributed by atoms with E-state index in [0.717, 1.165) is 32.8 Å². The molecule has 3 atom stereocenters. The van der Waals surface area contributed by atoms with Crippen LogP contribution in [0.15, 0.2) is 0 Å². The van der Waals surface area contributed by atoms with Crippen molar-refractivity contribution in [2.45, 2.75) is 31.0 Å². The monoisotopic (exact) mass is 211 g/mol. The number of morpholine rings is 1. The molecule has 4 nitrogen and oxygen atoms in total. The molecule has 15 heavy (non-hydrogen) atoms. The predicted octanol–water partition coefficient (Wildman–Crippen LogP) is -0.589. The van der Waals surface area contributed by atoms with Gasteiger partial charge in [-0.25, -0.2) is 0 Å². The second-order valence-corrected chi connectivity index (χ2v) is 4.97. The van der Waals surface area contributed by atoms with Crippen molar-refractivity contribution >= 4 is 0 Å². The second-order valence-electron chi connectivity index (χ2n) is 4.97. The summed E-state index contributed by atoms with van der Waals surface area (Å²) in [4.78, 5) is 2.67. The van der Waals surface area contributed by atoms with Crippen molar-refractivity contribution in [3.05, 3.63) is 0 Å². The predicted molar refractivity (Wildman–Crippen MR) is 59.0 cm³/mol. The van der Waals surface area contributed by atoms with Gasteiger partial charge in [0.05, 0.1) is 13.2 Å². The van der Waals surface area contributed by atoms with Gasteiger partial charge in [-0.1, -0.05) is 0 Å². The highest BCUT2D eigenvalue weighted by atomic mass is 16.5. The Morgan fingerprint density at radius 2 is 1.93 bits per heavy atom. The third kappa shape index (κ3) is 2.04. The van der Waals surface area contributed by atoms with Gasteiger partial charge in [0.25, 0.3) is 0 Å². The van der Waals surface area contributed by atoms with Gasteiger partial charge < -0.3 is 15.4 Å². The van der Waals surface area contributed by atoms with Gasteiger partial charge in [-0.05, 0) is 12.8 Å². The number of piperazine rings is 1. The Kier molecular flexibility index (Phi) is 2.92. The van der Waals surface area contributed by atoms with E-state index >= 15 is 0 Å². The molecule has 3 aliphatic rings. The van der Waals surface area contributed by atoms with Gasteiger partial charge in [0.1, 0.15) is 0 Å². The zero-order chi connectivity index (χ0) is 10.1. The molecular formula is C11H21N3O. The summed E-state index contributed by atoms with van der Waals surface area (Å²) in [7, 11) is 0. The van der Waals surface area contributed by atoms with Crippen LogP contribution in [0.4, 0.5) is 0 Å². The van der Waals surface area contributed by atoms with Gasteiger partial charge in [-0.3, -0.25) is 4.90 Å². The number of rotatable bonds is 2. The topological polar surface area (TPSA) is 36.5 Å². The summed E-state index contributed by atoms with van der Waals surface area (Å²) in [5, 5.41) is 7.04. The van der Waals surface area contributed by atoms with Crippen molar-refractivity contribution in [3.8, 4) is 0 Å². The molecule has 0 spiro atoms. The zero-order valence-electron chi connectivity index (χ0n) is 9.24. The Labute approximate surface area is 91.3 Å². The summed E-state index contributed by atoms with van der Waals surface area (Å²) in [6.07, 6.45) is 2.68. The maximum atomic E-state index is 5.60. The number of fused-ring (bicyclic) bond motifs is 2. The van der Waals surface area contributed by atoms with Crippen LogP contribution in [0.5, 0.6) is 0 Å². The average Bonchev–Trinajstić information content (AvgIpc) is 2.53. The van der Waals surface area contributed by atoms with Gasteiger partial charge in [-0.15, -0.1) is 0 Å². The molecule has 0 saturated carbocycles. The fourth-order valence-corrected chi connectivity index (χ4v) is 3.11. The molecule has 86 valence electrons. The molecule has 0 aromatic carbocycles. The lowest BCUT2D eigenvalue weighted by atomic mass is 10.1. The number of ether oxygens (including phenoxy) is 1. The number of nitrogens with zero attached hydrogens (tertiary/aromatic N) is 1. The normalized spacial score (nSPS) is 42.0. The molecule has 3 saturated heterocycles. The lowest BCUT2D eigenvalue weighted by Gasteiger charge is -2.38. The van der Waals surface area contributed by atoms with Crippen molar-refractivity contribution in [2.24, 2.45) is 0 Å². The van der Waals surface area contributed by atoms with Crippen LogP contribution in [-0.4, -0.2) is 62.4 Å². The van der Waals surface area contributed by atoms with E-state index in [2.05, 4.69) is 15.5 Å². The minimum atomic E-state index is 0.639. The summed E-state index contributed by atoms with van der Waals surface area (Å²) >= 11 is 0. The third-order valence-electron chi connectivity index (χ3n) is 3.95. The van der Waals surface area contributed by atoms with E-state index in [9.17, 15) is 0 Å². The molecular weight excluding hydrogens is 190 g/mol. The molecule has 2 bridgehead atoms. The van der Waals surface area contributed by atoms with E-state index in [1.165, 1.54) is 19.4 Å². The van der Waals surface area contributed by atoms with Crippen molar-refractivity contribution in [3.63, 3.8) is 0 Å². The Bertz CT molecular complexity index is 202. The first kappa shape index (κ1) is 10.0. The van der Waals surface area contributed by atoms with Crippen LogP contribution < -0.4 is 10.6 Å². The largest absolute Gasteiger partial charge is 0.378 e. The van der Waals surface area contributed by atoms with Gasteiger partial charge >= 0.3 is 0 Å². The molecule has 3 fully saturated rings. The van der Waals surface area contributed by atoms with Crippen LogP contribution in [-0.2, 0) is 4.74 Å². The molecule has 0 radical (unpaired) electrons. The van der Waals surface area contributed by atoms with E-state index in [-0.39, 0.29) is 0 Å². The summed E-state index contributed by atoms with van der Waals surface area (Å²) in [5.74, 6) is 0. The zero-order valence-corrected chi connectivity index (χ0v) is 9.24. The molecule has 0 aromatic heterocycles. The SMILES string of the molecule is C1CNC(CN2C3CCC2COC3)CN1. The van der Waals surface area contributed by atoms with Gasteiger partial charge in [-0.2, -0.15) is 0 Å². The van der Waals surface area contributed by atoms with Gasteiger partial charge in [0.15, 0.2) is 0 Å². The quantitative estimate of drug-likeness (QED) is 0.640. The molecule has 3 rings (SSSR count). The van der Waals surface area contributed by atoms with Crippen LogP contribution >= 0.6 is 0 Å². The summed E-state index contributed by atoms with van der Waals surface area (Å²) < 4.78 is 5.60. The van der Waals surface area contributed by atoms with E-state index in [1.54, 1.807) is 0 Å². The molecule has 3 aliphatic heterocycles. The van der Waals surface area contributed by atoms with Gasteiger partial charge in [0, 0.05) is 44.3 Å². The Balaban J connectivity index is 1.57. The minimum Gasteiger partial charge on any atom is -0.378 e. The third-order valence-corrected chi connectivity index (χ3v) is 3.95. The standard InChI is InChI=1S/C11H21N3O/c1-2-11-8-15-7-10(1)14(11)6-9-5-12-3-4-13-9/h9-13H,1-8H2. The van der Waals surface area contributed by atoms with Crippen LogP contribution in [0, 0.1) is 0 Å². The smallest absolute Gasteiger partial charge is 0.0622 e. The first-order valence-electron chi connectivity index (χ1n) is 6.21. The number of hydrogen-bond donors (Lipinski definition) is 2. The fourth-order valence-electron chi connectivity index (χ4n) is 3.11. The maximum absolute atomic E-state index is 5.60. The molecule has 3 heterocycles. The van der Waals surface area contributed by atoms with Crippen molar-refractivity contribution in [2.75, 3.05) is 39.4 Å². The minimum absolute atomic E-state index is 0.639. The average molecular weight is 211 g/mol. The highest BCUT2D eigenvalue weighted by Gasteiger charge is 2.38. The van der Waals surface area contributed by atoms with E-state index in [4.69, 9.17) is 4.74 Å². The van der Waals surface area contributed by atoms with Crippen LogP contribution in [0.3, 0.4) is 0 Å². The van der Waals surface area contributed by atoms with Crippen LogP contribution in [0.25, 0.3) is 0 Å². The van der Waals surface area contributed by atoms with Crippen molar-refractivity contribution < 1.29 is 4.74 Å². The highest BCUT2D eigenvalue weighted by molar-refractivity contribution is 4.93. The lowest BCUT2D eigenvalue weighted by molar-refractivity contribution is -0.0189. The highest BCUT2D eigenvalue weighted by Crippen LogP contribution is 2.28. The van der Waals surface area contributed by atoms with Crippen molar-refractivity contribution in [1.82, 2.24) is 15.5 Å². The first-order chi connectivity index (χ1) is 7.43. The van der Waals surface area contributed by atoms with E-state index in [0.29, 0.717) is 18.1 Å². The summed E-state index contributed by atoms with van der Waals surface area (Å²) in [6.45, 7) is 6.46. The maximum Gasteiger partial charge on any atom is 0.0622 e. The Hall–Kier alpha value is -0.160. The fraction of sp³-hybridized carbons (Fsp3) is 1.00. The molecule has 4 heteroatoms. The van der Waals surface area contributed by atoms with Crippen LogP contribution in [0.1, 0.15) is 12.8 Å². The summed E-state index contributed by atoms with van der Waals surface area (Å²) in [5.41, 5.74) is 0. The Morgan fingerprint density at radius 1 is 1.13 bits per heavy atom. The number of hydrogen-bond acceptors (Lipinski definition) is 4. The van der Waals surface area contributed by atoms with E-state index in [1.807, 2.05) is 0 Å². The summed E-state index contributed by atoms with van der Waals surface area (Å²) in [6, 6.07) is 2.04. The molecule has 0 aliphatic carbocycles. The van der Waals surface area contributed by atoms with Crippen molar-refractivity contribution in [1.29, 1.82) is 0 Å². The molecule has 3 unspecified atom stereocenters. The number of nitrogens with one attached hydrogen (secondary N) is 2. The van der Waals surface area contributed by atoms with Crippen LogP contribution in [0.2, 0.25) is 0 Å². The molecule has 0 amide bonds. The lowest BCUT2D eigenvalue weighted by Crippen LogP contribution is -2.57. The van der Waals surface area contributed by atoms with E-state index < -0.39 is 0 Å². The second kappa shape index (κ2) is 4.37. The van der Waals surface area contributed by atoms with Gasteiger partial charge in [0.2, 0.25) is 0 Å². The first-order valence-corrected chi connectivity index (χ1v) is 6.21. The Morgan fingerprint density at radius 3 is 2.60 bits per heavy atom. The molecule has 0 aromatic rings. The molecule has 2 N–H and O–H groups in total.